The van der Waals surface area contributed by atoms with Gasteiger partial charge in [0.1, 0.15) is 17.5 Å². The van der Waals surface area contributed by atoms with Crippen LogP contribution in [0.15, 0.2) is 18.2 Å². The minimum absolute atomic E-state index is 0.0363. The van der Waals surface area contributed by atoms with E-state index in [0.29, 0.717) is 37.7 Å². The molecule has 2 atom stereocenters. The van der Waals surface area contributed by atoms with Crippen molar-refractivity contribution < 1.29 is 33.4 Å². The van der Waals surface area contributed by atoms with E-state index < -0.39 is 24.0 Å². The molecule has 1 aliphatic heterocycles. The summed E-state index contributed by atoms with van der Waals surface area (Å²) in [5.74, 6) is -0.975. The van der Waals surface area contributed by atoms with Crippen LogP contribution in [0.5, 0.6) is 11.5 Å². The lowest BCUT2D eigenvalue weighted by atomic mass is 10.0. The number of rotatable bonds is 8. The quantitative estimate of drug-likeness (QED) is 0.574. The summed E-state index contributed by atoms with van der Waals surface area (Å²) in [7, 11) is 2.95. The molecule has 3 amide bonds. The summed E-state index contributed by atoms with van der Waals surface area (Å²) in [4.78, 5) is 53.1. The van der Waals surface area contributed by atoms with Crippen molar-refractivity contribution in [3.63, 3.8) is 0 Å². The van der Waals surface area contributed by atoms with Crippen LogP contribution in [0.25, 0.3) is 0 Å². The molecule has 182 valence electrons. The van der Waals surface area contributed by atoms with Crippen LogP contribution in [0.2, 0.25) is 0 Å². The average molecular weight is 464 g/mol. The highest BCUT2D eigenvalue weighted by Crippen LogP contribution is 2.23. The Hall–Kier alpha value is -3.30. The Balaban J connectivity index is 2.02. The van der Waals surface area contributed by atoms with Gasteiger partial charge in [0.25, 0.3) is 11.8 Å². The Kier molecular flexibility index (Phi) is 9.07. The first-order valence-electron chi connectivity index (χ1n) is 10.9. The second-order valence-corrected chi connectivity index (χ2v) is 8.21. The Morgan fingerprint density at radius 3 is 1.85 bits per heavy atom. The standard InChI is InChI=1S/C23H33N3O7/c1-14(2)20(24-21(28)17-11-18(31-5)13-19(12-17)32-6)23(30)33-15(3)22(29)26-9-7-25(8-10-26)16(4)27/h11-15,20H,7-10H2,1-6H3,(H,24,28)/t15?,20-/m0/s1. The van der Waals surface area contributed by atoms with Crippen LogP contribution in [-0.4, -0.2) is 86.0 Å². The SMILES string of the molecule is COc1cc(OC)cc(C(=O)N[C@H](C(=O)OC(C)C(=O)N2CCN(C(C)=O)CC2)C(C)C)c1. The molecule has 33 heavy (non-hydrogen) atoms. The maximum absolute atomic E-state index is 12.8. The number of benzene rings is 1. The van der Waals surface area contributed by atoms with E-state index in [0.717, 1.165) is 0 Å². The highest BCUT2D eigenvalue weighted by atomic mass is 16.5. The van der Waals surface area contributed by atoms with E-state index in [1.807, 2.05) is 0 Å². The summed E-state index contributed by atoms with van der Waals surface area (Å²) in [5, 5.41) is 2.68. The van der Waals surface area contributed by atoms with Crippen LogP contribution in [0.3, 0.4) is 0 Å². The Morgan fingerprint density at radius 2 is 1.39 bits per heavy atom. The van der Waals surface area contributed by atoms with Crippen molar-refractivity contribution in [2.45, 2.75) is 39.8 Å². The molecule has 1 aromatic rings. The summed E-state index contributed by atoms with van der Waals surface area (Å²) in [6, 6.07) is 3.74. The fraction of sp³-hybridized carbons (Fsp3) is 0.565. The first kappa shape index (κ1) is 26.0. The largest absolute Gasteiger partial charge is 0.497 e. The van der Waals surface area contributed by atoms with E-state index in [1.165, 1.54) is 40.2 Å². The normalized spacial score (nSPS) is 15.5. The molecule has 0 aliphatic carbocycles. The summed E-state index contributed by atoms with van der Waals surface area (Å²) in [6.07, 6.45) is -1.02. The van der Waals surface area contributed by atoms with Gasteiger partial charge < -0.3 is 29.3 Å². The molecule has 1 aromatic carbocycles. The summed E-state index contributed by atoms with van der Waals surface area (Å²) >= 11 is 0. The van der Waals surface area contributed by atoms with Gasteiger partial charge in [-0.1, -0.05) is 13.8 Å². The Labute approximate surface area is 194 Å². The molecule has 0 bridgehead atoms. The van der Waals surface area contributed by atoms with Gasteiger partial charge in [0, 0.05) is 44.7 Å². The number of methoxy groups -OCH3 is 2. The van der Waals surface area contributed by atoms with Crippen molar-refractivity contribution >= 4 is 23.7 Å². The van der Waals surface area contributed by atoms with Crippen LogP contribution >= 0.6 is 0 Å². The third kappa shape index (κ3) is 6.84. The zero-order valence-corrected chi connectivity index (χ0v) is 20.0. The van der Waals surface area contributed by atoms with Gasteiger partial charge in [-0.05, 0) is 25.0 Å². The van der Waals surface area contributed by atoms with E-state index in [4.69, 9.17) is 14.2 Å². The fourth-order valence-electron chi connectivity index (χ4n) is 3.46. The second kappa shape index (κ2) is 11.5. The van der Waals surface area contributed by atoms with Gasteiger partial charge in [0.2, 0.25) is 5.91 Å². The molecule has 1 heterocycles. The van der Waals surface area contributed by atoms with Crippen molar-refractivity contribution in [2.75, 3.05) is 40.4 Å². The van der Waals surface area contributed by atoms with E-state index in [-0.39, 0.29) is 23.3 Å². The number of amides is 3. The van der Waals surface area contributed by atoms with Crippen LogP contribution in [0, 0.1) is 5.92 Å². The number of nitrogens with one attached hydrogen (secondary N) is 1. The van der Waals surface area contributed by atoms with Crippen molar-refractivity contribution in [1.29, 1.82) is 0 Å². The average Bonchev–Trinajstić information content (AvgIpc) is 2.80. The number of nitrogens with zero attached hydrogens (tertiary/aromatic N) is 2. The molecule has 0 radical (unpaired) electrons. The van der Waals surface area contributed by atoms with E-state index in [1.54, 1.807) is 29.7 Å². The highest BCUT2D eigenvalue weighted by Gasteiger charge is 2.32. The van der Waals surface area contributed by atoms with Crippen LogP contribution in [0.4, 0.5) is 0 Å². The molecule has 1 unspecified atom stereocenters. The Morgan fingerprint density at radius 1 is 0.879 bits per heavy atom. The summed E-state index contributed by atoms with van der Waals surface area (Å²) < 4.78 is 15.8. The molecule has 10 nitrogen and oxygen atoms in total. The summed E-state index contributed by atoms with van der Waals surface area (Å²) in [5.41, 5.74) is 0.261. The maximum atomic E-state index is 12.8. The van der Waals surface area contributed by atoms with Crippen molar-refractivity contribution in [2.24, 2.45) is 5.92 Å². The number of ether oxygens (including phenoxy) is 3. The van der Waals surface area contributed by atoms with Gasteiger partial charge in [-0.2, -0.15) is 0 Å². The molecule has 1 fully saturated rings. The van der Waals surface area contributed by atoms with Crippen LogP contribution < -0.4 is 14.8 Å². The number of carbonyl (C=O) groups is 4. The van der Waals surface area contributed by atoms with Gasteiger partial charge in [-0.15, -0.1) is 0 Å². The lowest BCUT2D eigenvalue weighted by molar-refractivity contribution is -0.162. The van der Waals surface area contributed by atoms with Crippen molar-refractivity contribution in [1.82, 2.24) is 15.1 Å². The third-order valence-corrected chi connectivity index (χ3v) is 5.50. The fourth-order valence-corrected chi connectivity index (χ4v) is 3.46. The monoisotopic (exact) mass is 463 g/mol. The number of carbonyl (C=O) groups excluding carboxylic acids is 4. The van der Waals surface area contributed by atoms with Crippen molar-refractivity contribution in [3.8, 4) is 11.5 Å². The van der Waals surface area contributed by atoms with Gasteiger partial charge >= 0.3 is 5.97 Å². The molecule has 0 spiro atoms. The second-order valence-electron chi connectivity index (χ2n) is 8.21. The predicted octanol–water partition coefficient (Wildman–Crippen LogP) is 1.08. The molecule has 10 heteroatoms. The van der Waals surface area contributed by atoms with E-state index in [2.05, 4.69) is 5.32 Å². The van der Waals surface area contributed by atoms with Crippen LogP contribution in [-0.2, 0) is 19.1 Å². The zero-order chi connectivity index (χ0) is 24.7. The van der Waals surface area contributed by atoms with E-state index in [9.17, 15) is 19.2 Å². The summed E-state index contributed by atoms with van der Waals surface area (Å²) in [6.45, 7) is 8.17. The molecule has 1 saturated heterocycles. The van der Waals surface area contributed by atoms with Crippen LogP contribution in [0.1, 0.15) is 38.1 Å². The van der Waals surface area contributed by atoms with Gasteiger partial charge in [0.15, 0.2) is 6.10 Å². The number of piperazine rings is 1. The molecule has 2 rings (SSSR count). The topological polar surface area (TPSA) is 114 Å². The van der Waals surface area contributed by atoms with E-state index >= 15 is 0 Å². The molecule has 0 saturated carbocycles. The molecular formula is C23H33N3O7. The van der Waals surface area contributed by atoms with Gasteiger partial charge in [-0.3, -0.25) is 14.4 Å². The molecule has 0 aromatic heterocycles. The predicted molar refractivity (Wildman–Crippen MR) is 120 cm³/mol. The molecule has 1 aliphatic rings. The smallest absolute Gasteiger partial charge is 0.329 e. The lowest BCUT2D eigenvalue weighted by Crippen LogP contribution is -2.53. The number of hydrogen-bond acceptors (Lipinski definition) is 7. The number of esters is 1. The first-order valence-corrected chi connectivity index (χ1v) is 10.9. The molecular weight excluding hydrogens is 430 g/mol. The minimum atomic E-state index is -1.02. The minimum Gasteiger partial charge on any atom is -0.497 e. The third-order valence-electron chi connectivity index (χ3n) is 5.50. The highest BCUT2D eigenvalue weighted by molar-refractivity contribution is 5.98. The maximum Gasteiger partial charge on any atom is 0.329 e. The molecule has 1 N–H and O–H groups in total. The van der Waals surface area contributed by atoms with Gasteiger partial charge in [-0.25, -0.2) is 4.79 Å². The Bertz CT molecular complexity index is 857. The number of hydrogen-bond donors (Lipinski definition) is 1. The first-order chi connectivity index (χ1) is 15.6. The van der Waals surface area contributed by atoms with Gasteiger partial charge in [0.05, 0.1) is 14.2 Å². The van der Waals surface area contributed by atoms with Crippen molar-refractivity contribution in [3.05, 3.63) is 23.8 Å². The lowest BCUT2D eigenvalue weighted by Gasteiger charge is -2.35. The zero-order valence-electron chi connectivity index (χ0n) is 20.0.